The molecule has 2 heteroatoms. The van der Waals surface area contributed by atoms with Crippen LogP contribution in [0.4, 0.5) is 0 Å². The molecule has 0 radical (unpaired) electrons. The highest BCUT2D eigenvalue weighted by molar-refractivity contribution is 5.82. The molecule has 1 atom stereocenters. The molecule has 0 heterocycles. The van der Waals surface area contributed by atoms with Crippen molar-refractivity contribution in [2.24, 2.45) is 16.6 Å². The van der Waals surface area contributed by atoms with Crippen molar-refractivity contribution in [2.45, 2.75) is 40.5 Å². The van der Waals surface area contributed by atoms with E-state index in [1.807, 2.05) is 6.92 Å². The molecule has 0 fully saturated rings. The quantitative estimate of drug-likeness (QED) is 0.619. The SMILES string of the molecule is CC1=CCCC(C)(C(N)=O)C1(C)C. The minimum Gasteiger partial charge on any atom is -0.369 e. The average molecular weight is 181 g/mol. The Morgan fingerprint density at radius 2 is 2.00 bits per heavy atom. The minimum absolute atomic E-state index is 0.100. The van der Waals surface area contributed by atoms with E-state index < -0.39 is 0 Å². The van der Waals surface area contributed by atoms with Gasteiger partial charge in [0.25, 0.3) is 0 Å². The van der Waals surface area contributed by atoms with E-state index in [2.05, 4.69) is 26.8 Å². The zero-order valence-electron chi connectivity index (χ0n) is 8.98. The molecule has 0 saturated heterocycles. The molecule has 1 aliphatic rings. The molecular weight excluding hydrogens is 162 g/mol. The first kappa shape index (κ1) is 10.3. The second-order valence-corrected chi connectivity index (χ2v) is 4.75. The number of rotatable bonds is 1. The highest BCUT2D eigenvalue weighted by atomic mass is 16.1. The van der Waals surface area contributed by atoms with Gasteiger partial charge in [-0.1, -0.05) is 25.5 Å². The van der Waals surface area contributed by atoms with Crippen LogP contribution in [0.3, 0.4) is 0 Å². The van der Waals surface area contributed by atoms with Gasteiger partial charge in [-0.25, -0.2) is 0 Å². The maximum Gasteiger partial charge on any atom is 0.224 e. The predicted octanol–water partition coefficient (Wildman–Crippen LogP) is 2.24. The summed E-state index contributed by atoms with van der Waals surface area (Å²) in [7, 11) is 0. The highest BCUT2D eigenvalue weighted by Gasteiger charge is 2.47. The molecule has 2 nitrogen and oxygen atoms in total. The summed E-state index contributed by atoms with van der Waals surface area (Å²) in [6, 6.07) is 0. The van der Waals surface area contributed by atoms with Gasteiger partial charge >= 0.3 is 0 Å². The Morgan fingerprint density at radius 1 is 1.46 bits per heavy atom. The van der Waals surface area contributed by atoms with Crippen molar-refractivity contribution in [3.05, 3.63) is 11.6 Å². The van der Waals surface area contributed by atoms with E-state index in [1.165, 1.54) is 5.57 Å². The van der Waals surface area contributed by atoms with Gasteiger partial charge in [-0.2, -0.15) is 0 Å². The lowest BCUT2D eigenvalue weighted by atomic mass is 9.58. The third-order valence-corrected chi connectivity index (χ3v) is 4.00. The van der Waals surface area contributed by atoms with Gasteiger partial charge in [0.15, 0.2) is 0 Å². The van der Waals surface area contributed by atoms with Gasteiger partial charge in [-0.15, -0.1) is 0 Å². The topological polar surface area (TPSA) is 43.1 Å². The molecule has 0 aromatic carbocycles. The summed E-state index contributed by atoms with van der Waals surface area (Å²) in [6.07, 6.45) is 4.05. The minimum atomic E-state index is -0.383. The maximum atomic E-state index is 11.4. The molecule has 0 aromatic heterocycles. The van der Waals surface area contributed by atoms with Crippen LogP contribution in [0.15, 0.2) is 11.6 Å². The van der Waals surface area contributed by atoms with Crippen molar-refractivity contribution < 1.29 is 4.79 Å². The lowest BCUT2D eigenvalue weighted by Gasteiger charge is -2.45. The van der Waals surface area contributed by atoms with Crippen LogP contribution in [0.1, 0.15) is 40.5 Å². The third kappa shape index (κ3) is 1.28. The average Bonchev–Trinajstić information content (AvgIpc) is 2.00. The van der Waals surface area contributed by atoms with Crippen molar-refractivity contribution >= 4 is 5.91 Å². The molecule has 74 valence electrons. The summed E-state index contributed by atoms with van der Waals surface area (Å²) in [4.78, 5) is 11.4. The number of primary amides is 1. The number of nitrogens with two attached hydrogens (primary N) is 1. The predicted molar refractivity (Wildman–Crippen MR) is 54.1 cm³/mol. The van der Waals surface area contributed by atoms with Crippen LogP contribution in [-0.2, 0) is 4.79 Å². The summed E-state index contributed by atoms with van der Waals surface area (Å²) < 4.78 is 0. The lowest BCUT2D eigenvalue weighted by molar-refractivity contribution is -0.132. The standard InChI is InChI=1S/C11H19NO/c1-8-6-5-7-11(4,9(12)13)10(8,2)3/h6H,5,7H2,1-4H3,(H2,12,13). The molecule has 0 aromatic rings. The Labute approximate surface area is 80.2 Å². The van der Waals surface area contributed by atoms with Gasteiger partial charge in [0.2, 0.25) is 5.91 Å². The second-order valence-electron chi connectivity index (χ2n) is 4.75. The smallest absolute Gasteiger partial charge is 0.224 e. The largest absolute Gasteiger partial charge is 0.369 e. The van der Waals surface area contributed by atoms with E-state index in [1.54, 1.807) is 0 Å². The molecule has 1 aliphatic carbocycles. The fourth-order valence-corrected chi connectivity index (χ4v) is 2.01. The molecule has 0 aliphatic heterocycles. The highest BCUT2D eigenvalue weighted by Crippen LogP contribution is 2.50. The van der Waals surface area contributed by atoms with Crippen molar-refractivity contribution in [2.75, 3.05) is 0 Å². The number of carbonyl (C=O) groups excluding carboxylic acids is 1. The van der Waals surface area contributed by atoms with Crippen LogP contribution in [-0.4, -0.2) is 5.91 Å². The molecule has 13 heavy (non-hydrogen) atoms. The molecule has 2 N–H and O–H groups in total. The van der Waals surface area contributed by atoms with Crippen molar-refractivity contribution in [1.29, 1.82) is 0 Å². The second kappa shape index (κ2) is 2.86. The number of carbonyl (C=O) groups is 1. The van der Waals surface area contributed by atoms with Gasteiger partial charge in [0, 0.05) is 0 Å². The molecule has 0 bridgehead atoms. The maximum absolute atomic E-state index is 11.4. The van der Waals surface area contributed by atoms with Crippen LogP contribution in [0.5, 0.6) is 0 Å². The van der Waals surface area contributed by atoms with Crippen LogP contribution in [0, 0.1) is 10.8 Å². The normalized spacial score (nSPS) is 32.5. The summed E-state index contributed by atoms with van der Waals surface area (Å²) in [5.74, 6) is -0.176. The van der Waals surface area contributed by atoms with E-state index in [0.29, 0.717) is 0 Å². The Kier molecular flexibility index (Phi) is 2.27. The van der Waals surface area contributed by atoms with Crippen molar-refractivity contribution in [1.82, 2.24) is 0 Å². The first-order valence-corrected chi connectivity index (χ1v) is 4.79. The van der Waals surface area contributed by atoms with Gasteiger partial charge in [-0.05, 0) is 32.1 Å². The number of allylic oxidation sites excluding steroid dienone is 2. The van der Waals surface area contributed by atoms with Crippen LogP contribution in [0.2, 0.25) is 0 Å². The number of amides is 1. The first-order valence-electron chi connectivity index (χ1n) is 4.79. The molecule has 0 spiro atoms. The summed E-state index contributed by atoms with van der Waals surface area (Å²) in [5, 5.41) is 0. The Hall–Kier alpha value is -0.790. The summed E-state index contributed by atoms with van der Waals surface area (Å²) in [6.45, 7) is 8.26. The zero-order valence-corrected chi connectivity index (χ0v) is 8.98. The van der Waals surface area contributed by atoms with Gasteiger partial charge in [0.1, 0.15) is 0 Å². The fourth-order valence-electron chi connectivity index (χ4n) is 2.01. The van der Waals surface area contributed by atoms with Gasteiger partial charge in [-0.3, -0.25) is 4.79 Å². The molecular formula is C11H19NO. The van der Waals surface area contributed by atoms with E-state index in [9.17, 15) is 4.79 Å². The lowest BCUT2D eigenvalue weighted by Crippen LogP contribution is -2.48. The van der Waals surface area contributed by atoms with E-state index in [4.69, 9.17) is 5.73 Å². The van der Waals surface area contributed by atoms with E-state index >= 15 is 0 Å². The summed E-state index contributed by atoms with van der Waals surface area (Å²) >= 11 is 0. The molecule has 0 saturated carbocycles. The number of hydrogen-bond donors (Lipinski definition) is 1. The van der Waals surface area contributed by atoms with Gasteiger partial charge < -0.3 is 5.73 Å². The van der Waals surface area contributed by atoms with E-state index in [-0.39, 0.29) is 16.7 Å². The first-order chi connectivity index (χ1) is 5.82. The third-order valence-electron chi connectivity index (χ3n) is 4.00. The Balaban J connectivity index is 3.15. The zero-order chi connectivity index (χ0) is 10.3. The Bertz CT molecular complexity index is 265. The monoisotopic (exact) mass is 181 g/mol. The fraction of sp³-hybridized carbons (Fsp3) is 0.727. The van der Waals surface area contributed by atoms with E-state index in [0.717, 1.165) is 12.8 Å². The van der Waals surface area contributed by atoms with Crippen molar-refractivity contribution in [3.8, 4) is 0 Å². The Morgan fingerprint density at radius 3 is 2.38 bits per heavy atom. The molecule has 1 amide bonds. The number of hydrogen-bond acceptors (Lipinski definition) is 1. The molecule has 1 rings (SSSR count). The van der Waals surface area contributed by atoms with Crippen LogP contribution in [0.25, 0.3) is 0 Å². The van der Waals surface area contributed by atoms with Crippen molar-refractivity contribution in [3.63, 3.8) is 0 Å². The summed E-state index contributed by atoms with van der Waals surface area (Å²) in [5.41, 5.74) is 6.27. The molecule has 1 unspecified atom stereocenters. The van der Waals surface area contributed by atoms with Crippen LogP contribution < -0.4 is 5.73 Å². The van der Waals surface area contributed by atoms with Gasteiger partial charge in [0.05, 0.1) is 5.41 Å². The van der Waals surface area contributed by atoms with Crippen LogP contribution >= 0.6 is 0 Å².